The van der Waals surface area contributed by atoms with E-state index in [1.54, 1.807) is 37.2 Å². The minimum atomic E-state index is -0.728. The Kier molecular flexibility index (Phi) is 6.50. The molecule has 1 fully saturated rings. The summed E-state index contributed by atoms with van der Waals surface area (Å²) >= 11 is 8.09. The molecule has 4 rings (SSSR count). The van der Waals surface area contributed by atoms with Gasteiger partial charge in [-0.25, -0.2) is 14.0 Å². The van der Waals surface area contributed by atoms with Crippen molar-refractivity contribution in [3.8, 4) is 0 Å². The number of rotatable bonds is 4. The fraction of sp³-hybridized carbons (Fsp3) is 0.522. The first-order valence-corrected chi connectivity index (χ1v) is 12.4. The zero-order valence-electron chi connectivity index (χ0n) is 19.7. The SMILES string of the molecule is CCOC(=O)c1c2n(c3c(Cl)c(N4CC[C@H](NC(=O)OC(C)(C)C)C4)c(F)cc3c1=O)C(C)S2. The Balaban J connectivity index is 1.71. The second-order valence-corrected chi connectivity index (χ2v) is 11.0. The van der Waals surface area contributed by atoms with Gasteiger partial charge in [-0.3, -0.25) is 4.79 Å². The molecule has 3 heterocycles. The van der Waals surface area contributed by atoms with Crippen LogP contribution < -0.4 is 15.6 Å². The molecule has 2 aromatic rings. The van der Waals surface area contributed by atoms with E-state index in [1.807, 2.05) is 6.92 Å². The Hall–Kier alpha value is -2.46. The van der Waals surface area contributed by atoms with Gasteiger partial charge in [0.15, 0.2) is 0 Å². The summed E-state index contributed by atoms with van der Waals surface area (Å²) in [5.41, 5.74) is -0.756. The summed E-state index contributed by atoms with van der Waals surface area (Å²) in [4.78, 5) is 39.5. The number of hydrogen-bond donors (Lipinski definition) is 1. The zero-order chi connectivity index (χ0) is 24.9. The van der Waals surface area contributed by atoms with Crippen LogP contribution in [0.25, 0.3) is 10.9 Å². The molecule has 1 N–H and O–H groups in total. The number of benzene rings is 1. The van der Waals surface area contributed by atoms with Crippen molar-refractivity contribution in [1.29, 1.82) is 0 Å². The van der Waals surface area contributed by atoms with E-state index in [2.05, 4.69) is 5.32 Å². The van der Waals surface area contributed by atoms with E-state index in [1.165, 1.54) is 11.8 Å². The molecule has 34 heavy (non-hydrogen) atoms. The van der Waals surface area contributed by atoms with Gasteiger partial charge in [-0.2, -0.15) is 0 Å². The summed E-state index contributed by atoms with van der Waals surface area (Å²) in [6.07, 6.45) is 0.0498. The maximum atomic E-state index is 15.3. The van der Waals surface area contributed by atoms with E-state index in [4.69, 9.17) is 21.1 Å². The van der Waals surface area contributed by atoms with E-state index in [-0.39, 0.29) is 39.7 Å². The first-order valence-electron chi connectivity index (χ1n) is 11.1. The van der Waals surface area contributed by atoms with Gasteiger partial charge in [0.2, 0.25) is 5.43 Å². The number of carbonyl (C=O) groups excluding carboxylic acids is 2. The number of amides is 1. The molecule has 1 saturated heterocycles. The third-order valence-electron chi connectivity index (χ3n) is 5.66. The number of hydrogen-bond acceptors (Lipinski definition) is 7. The van der Waals surface area contributed by atoms with Gasteiger partial charge in [-0.1, -0.05) is 23.4 Å². The van der Waals surface area contributed by atoms with Crippen molar-refractivity contribution < 1.29 is 23.5 Å². The van der Waals surface area contributed by atoms with Gasteiger partial charge in [-0.15, -0.1) is 0 Å². The summed E-state index contributed by atoms with van der Waals surface area (Å²) in [5, 5.41) is 3.32. The highest BCUT2D eigenvalue weighted by Gasteiger charge is 2.36. The molecule has 1 unspecified atom stereocenters. The van der Waals surface area contributed by atoms with Crippen molar-refractivity contribution in [3.05, 3.63) is 32.7 Å². The third kappa shape index (κ3) is 4.33. The number of alkyl carbamates (subject to hydrolysis) is 1. The van der Waals surface area contributed by atoms with Gasteiger partial charge in [0.1, 0.15) is 17.0 Å². The lowest BCUT2D eigenvalue weighted by molar-refractivity contribution is 0.0502. The number of esters is 1. The van der Waals surface area contributed by atoms with Crippen LogP contribution in [0.4, 0.5) is 14.9 Å². The van der Waals surface area contributed by atoms with E-state index in [9.17, 15) is 14.4 Å². The molecule has 1 aromatic heterocycles. The maximum Gasteiger partial charge on any atom is 0.407 e. The van der Waals surface area contributed by atoms with E-state index < -0.39 is 28.9 Å². The Morgan fingerprint density at radius 1 is 1.35 bits per heavy atom. The molecule has 184 valence electrons. The molecule has 2 aliphatic rings. The lowest BCUT2D eigenvalue weighted by atomic mass is 10.1. The number of anilines is 1. The highest BCUT2D eigenvalue weighted by atomic mass is 35.5. The van der Waals surface area contributed by atoms with E-state index >= 15 is 4.39 Å². The van der Waals surface area contributed by atoms with Crippen molar-refractivity contribution in [2.24, 2.45) is 0 Å². The number of carbonyl (C=O) groups is 2. The number of pyridine rings is 1. The largest absolute Gasteiger partial charge is 0.462 e. The normalized spacial score (nSPS) is 19.6. The van der Waals surface area contributed by atoms with Crippen LogP contribution in [0.5, 0.6) is 0 Å². The van der Waals surface area contributed by atoms with Crippen LogP contribution in [0.15, 0.2) is 15.9 Å². The smallest absolute Gasteiger partial charge is 0.407 e. The maximum absolute atomic E-state index is 15.3. The van der Waals surface area contributed by atoms with Crippen LogP contribution in [0, 0.1) is 5.82 Å². The fourth-order valence-corrected chi connectivity index (χ4v) is 5.86. The van der Waals surface area contributed by atoms with Crippen LogP contribution in [0.1, 0.15) is 56.8 Å². The Morgan fingerprint density at radius 3 is 2.68 bits per heavy atom. The molecule has 0 radical (unpaired) electrons. The number of fused-ring (bicyclic) bond motifs is 3. The van der Waals surface area contributed by atoms with Crippen molar-refractivity contribution >= 4 is 52.0 Å². The molecule has 0 spiro atoms. The Morgan fingerprint density at radius 2 is 2.06 bits per heavy atom. The number of ether oxygens (including phenoxy) is 2. The average Bonchev–Trinajstić information content (AvgIpc) is 3.15. The molecule has 0 bridgehead atoms. The van der Waals surface area contributed by atoms with Gasteiger partial charge in [0.25, 0.3) is 0 Å². The van der Waals surface area contributed by atoms with Crippen molar-refractivity contribution in [1.82, 2.24) is 9.88 Å². The predicted octanol–water partition coefficient (Wildman–Crippen LogP) is 4.70. The average molecular weight is 512 g/mol. The van der Waals surface area contributed by atoms with Crippen LogP contribution in [-0.2, 0) is 9.47 Å². The van der Waals surface area contributed by atoms with Crippen molar-refractivity contribution in [2.75, 3.05) is 24.6 Å². The number of nitrogens with one attached hydrogen (secondary N) is 1. The summed E-state index contributed by atoms with van der Waals surface area (Å²) in [6.45, 7) is 9.83. The summed E-state index contributed by atoms with van der Waals surface area (Å²) in [7, 11) is 0. The molecule has 0 aliphatic carbocycles. The Bertz CT molecular complexity index is 1240. The van der Waals surface area contributed by atoms with E-state index in [0.717, 1.165) is 6.07 Å². The number of halogens is 2. The number of aromatic nitrogens is 1. The molecule has 1 aromatic carbocycles. The number of thioether (sulfide) groups is 1. The summed E-state index contributed by atoms with van der Waals surface area (Å²) in [6, 6.07) is 0.895. The first-order chi connectivity index (χ1) is 15.9. The lowest BCUT2D eigenvalue weighted by Gasteiger charge is -2.34. The minimum Gasteiger partial charge on any atom is -0.462 e. The van der Waals surface area contributed by atoms with Gasteiger partial charge >= 0.3 is 12.1 Å². The standard InChI is InChI=1S/C23H27ClFN3O5S/c1-6-32-21(30)15-19(29)13-9-14(25)18(16(24)17(13)28-11(2)34-20(15)28)27-8-7-12(10-27)26-22(31)33-23(3,4)5/h9,11-12H,6-8,10H2,1-5H3,(H,26,31)/t11?,12-/m0/s1. The van der Waals surface area contributed by atoms with Crippen LogP contribution in [-0.4, -0.2) is 48.0 Å². The summed E-state index contributed by atoms with van der Waals surface area (Å²) < 4.78 is 27.5. The molecule has 2 aliphatic heterocycles. The molecule has 8 nitrogen and oxygen atoms in total. The monoisotopic (exact) mass is 511 g/mol. The van der Waals surface area contributed by atoms with Crippen LogP contribution >= 0.6 is 23.4 Å². The molecular formula is C23H27ClFN3O5S. The first kappa shape index (κ1) is 24.7. The second-order valence-electron chi connectivity index (χ2n) is 9.31. The lowest BCUT2D eigenvalue weighted by Crippen LogP contribution is -2.40. The minimum absolute atomic E-state index is 0.0350. The second kappa shape index (κ2) is 8.96. The highest BCUT2D eigenvalue weighted by molar-refractivity contribution is 8.00. The van der Waals surface area contributed by atoms with Gasteiger partial charge in [-0.05, 0) is 47.1 Å². The molecule has 11 heteroatoms. The van der Waals surface area contributed by atoms with E-state index in [0.29, 0.717) is 30.1 Å². The van der Waals surface area contributed by atoms with Crippen LogP contribution in [0.3, 0.4) is 0 Å². The number of nitrogens with zero attached hydrogens (tertiary/aromatic N) is 2. The van der Waals surface area contributed by atoms with Gasteiger partial charge in [0.05, 0.1) is 44.7 Å². The topological polar surface area (TPSA) is 89.9 Å². The quantitative estimate of drug-likeness (QED) is 0.595. The third-order valence-corrected chi connectivity index (χ3v) is 7.20. The highest BCUT2D eigenvalue weighted by Crippen LogP contribution is 2.49. The van der Waals surface area contributed by atoms with Crippen molar-refractivity contribution in [3.63, 3.8) is 0 Å². The molecule has 0 saturated carbocycles. The summed E-state index contributed by atoms with van der Waals surface area (Å²) in [5.74, 6) is -1.39. The van der Waals surface area contributed by atoms with Gasteiger partial charge < -0.3 is 24.3 Å². The van der Waals surface area contributed by atoms with Crippen molar-refractivity contribution in [2.45, 2.75) is 63.1 Å². The Labute approximate surface area is 205 Å². The molecular weight excluding hydrogens is 485 g/mol. The predicted molar refractivity (Wildman–Crippen MR) is 130 cm³/mol. The molecule has 1 amide bonds. The van der Waals surface area contributed by atoms with Crippen LogP contribution in [0.2, 0.25) is 5.02 Å². The van der Waals surface area contributed by atoms with Gasteiger partial charge in [0, 0.05) is 13.1 Å². The molecule has 2 atom stereocenters. The zero-order valence-corrected chi connectivity index (χ0v) is 21.2. The fourth-order valence-electron chi connectivity index (χ4n) is 4.32.